The van der Waals surface area contributed by atoms with Gasteiger partial charge in [-0.05, 0) is 21.9 Å². The van der Waals surface area contributed by atoms with Crippen LogP contribution in [0.4, 0.5) is 0 Å². The van der Waals surface area contributed by atoms with Gasteiger partial charge < -0.3 is 0 Å². The molecular weight excluding hydrogens is 322 g/mol. The standard InChI is InChI=1S/C18H17N3O2S/c1-20-13-16(11-19-20)24(22,23)21-10-9-15(12-21)18-8-4-6-14-5-2-3-7-17(14)18/h2-9,11,13H,10,12H2,1H3. The summed E-state index contributed by atoms with van der Waals surface area (Å²) in [4.78, 5) is 0.234. The van der Waals surface area contributed by atoms with Crippen LogP contribution in [0.1, 0.15) is 5.56 Å². The van der Waals surface area contributed by atoms with Crippen LogP contribution in [0.25, 0.3) is 16.3 Å². The molecule has 122 valence electrons. The fourth-order valence-corrected chi connectivity index (χ4v) is 4.44. The monoisotopic (exact) mass is 339 g/mol. The van der Waals surface area contributed by atoms with Crippen LogP contribution >= 0.6 is 0 Å². The molecule has 24 heavy (non-hydrogen) atoms. The number of rotatable bonds is 3. The van der Waals surface area contributed by atoms with E-state index in [4.69, 9.17) is 0 Å². The number of aromatic nitrogens is 2. The van der Waals surface area contributed by atoms with Crippen LogP contribution in [0.5, 0.6) is 0 Å². The molecule has 1 aromatic heterocycles. The molecule has 0 atom stereocenters. The Labute approximate surface area is 140 Å². The summed E-state index contributed by atoms with van der Waals surface area (Å²) in [5.41, 5.74) is 2.14. The number of benzene rings is 2. The molecule has 0 unspecified atom stereocenters. The minimum absolute atomic E-state index is 0.234. The molecule has 0 aliphatic carbocycles. The molecule has 2 heterocycles. The molecule has 0 fully saturated rings. The number of hydrogen-bond donors (Lipinski definition) is 0. The van der Waals surface area contributed by atoms with Crippen molar-refractivity contribution in [3.63, 3.8) is 0 Å². The number of fused-ring (bicyclic) bond motifs is 1. The lowest BCUT2D eigenvalue weighted by atomic mass is 9.99. The zero-order valence-corrected chi connectivity index (χ0v) is 14.1. The van der Waals surface area contributed by atoms with Gasteiger partial charge in [-0.15, -0.1) is 0 Å². The first-order chi connectivity index (χ1) is 11.6. The fourth-order valence-electron chi connectivity index (χ4n) is 3.10. The van der Waals surface area contributed by atoms with Gasteiger partial charge in [0.15, 0.2) is 0 Å². The third kappa shape index (κ3) is 2.44. The lowest BCUT2D eigenvalue weighted by molar-refractivity contribution is 0.490. The molecule has 6 heteroatoms. The van der Waals surface area contributed by atoms with Crippen LogP contribution in [-0.4, -0.2) is 35.6 Å². The summed E-state index contributed by atoms with van der Waals surface area (Å²) in [5.74, 6) is 0. The largest absolute Gasteiger partial charge is 0.274 e. The molecule has 0 bridgehead atoms. The smallest absolute Gasteiger partial charge is 0.246 e. The van der Waals surface area contributed by atoms with Gasteiger partial charge in [0.2, 0.25) is 10.0 Å². The van der Waals surface area contributed by atoms with Crippen molar-refractivity contribution in [2.24, 2.45) is 7.05 Å². The van der Waals surface area contributed by atoms with Crippen LogP contribution in [0, 0.1) is 0 Å². The highest BCUT2D eigenvalue weighted by molar-refractivity contribution is 7.89. The zero-order chi connectivity index (χ0) is 16.7. The van der Waals surface area contributed by atoms with Gasteiger partial charge in [-0.3, -0.25) is 4.68 Å². The van der Waals surface area contributed by atoms with E-state index in [1.165, 1.54) is 21.4 Å². The predicted molar refractivity (Wildman–Crippen MR) is 93.9 cm³/mol. The van der Waals surface area contributed by atoms with E-state index in [0.29, 0.717) is 13.1 Å². The fraction of sp³-hybridized carbons (Fsp3) is 0.167. The minimum Gasteiger partial charge on any atom is -0.274 e. The lowest BCUT2D eigenvalue weighted by Crippen LogP contribution is -2.28. The first kappa shape index (κ1) is 15.1. The molecule has 1 aliphatic rings. The van der Waals surface area contributed by atoms with E-state index >= 15 is 0 Å². The SMILES string of the molecule is Cn1cc(S(=O)(=O)N2CC=C(c3cccc4ccccc34)C2)cn1. The summed E-state index contributed by atoms with van der Waals surface area (Å²) in [6.07, 6.45) is 4.92. The summed E-state index contributed by atoms with van der Waals surface area (Å²) in [6, 6.07) is 14.3. The van der Waals surface area contributed by atoms with Gasteiger partial charge in [0.05, 0.1) is 6.20 Å². The van der Waals surface area contributed by atoms with Crippen molar-refractivity contribution in [3.8, 4) is 0 Å². The molecule has 5 nitrogen and oxygen atoms in total. The van der Waals surface area contributed by atoms with E-state index in [9.17, 15) is 8.42 Å². The molecule has 0 radical (unpaired) electrons. The van der Waals surface area contributed by atoms with Gasteiger partial charge in [-0.2, -0.15) is 9.40 Å². The third-order valence-corrected chi connectivity index (χ3v) is 6.11. The van der Waals surface area contributed by atoms with Crippen LogP contribution in [-0.2, 0) is 17.1 Å². The Morgan fingerprint density at radius 3 is 2.67 bits per heavy atom. The normalized spacial score (nSPS) is 15.8. The molecule has 1 aliphatic heterocycles. The Hall–Kier alpha value is -2.44. The van der Waals surface area contributed by atoms with E-state index in [1.54, 1.807) is 7.05 Å². The Bertz CT molecular complexity index is 1050. The number of sulfonamides is 1. The van der Waals surface area contributed by atoms with E-state index < -0.39 is 10.0 Å². The van der Waals surface area contributed by atoms with Crippen molar-refractivity contribution in [1.82, 2.24) is 14.1 Å². The van der Waals surface area contributed by atoms with Gasteiger partial charge in [0, 0.05) is 26.3 Å². The van der Waals surface area contributed by atoms with Crippen molar-refractivity contribution in [2.75, 3.05) is 13.1 Å². The molecule has 0 spiro atoms. The van der Waals surface area contributed by atoms with Crippen LogP contribution < -0.4 is 0 Å². The van der Waals surface area contributed by atoms with Crippen molar-refractivity contribution in [1.29, 1.82) is 0 Å². The Balaban J connectivity index is 1.67. The average Bonchev–Trinajstić information content (AvgIpc) is 3.24. The lowest BCUT2D eigenvalue weighted by Gasteiger charge is -2.16. The van der Waals surface area contributed by atoms with Gasteiger partial charge in [0.1, 0.15) is 4.90 Å². The first-order valence-corrected chi connectivity index (χ1v) is 9.16. The Morgan fingerprint density at radius 1 is 1.08 bits per heavy atom. The third-order valence-electron chi connectivity index (χ3n) is 4.34. The summed E-state index contributed by atoms with van der Waals surface area (Å²) in [7, 11) is -1.80. The molecule has 0 amide bonds. The maximum absolute atomic E-state index is 12.7. The van der Waals surface area contributed by atoms with Crippen molar-refractivity contribution in [2.45, 2.75) is 4.90 Å². The highest BCUT2D eigenvalue weighted by atomic mass is 32.2. The summed E-state index contributed by atoms with van der Waals surface area (Å²) in [5, 5.41) is 6.27. The van der Waals surface area contributed by atoms with E-state index in [2.05, 4.69) is 23.3 Å². The van der Waals surface area contributed by atoms with Gasteiger partial charge >= 0.3 is 0 Å². The maximum atomic E-state index is 12.7. The van der Waals surface area contributed by atoms with Gasteiger partial charge in [-0.25, -0.2) is 8.42 Å². The van der Waals surface area contributed by atoms with Crippen LogP contribution in [0.15, 0.2) is 65.8 Å². The molecule has 0 N–H and O–H groups in total. The highest BCUT2D eigenvalue weighted by Gasteiger charge is 2.29. The summed E-state index contributed by atoms with van der Waals surface area (Å²) in [6.45, 7) is 0.765. The second-order valence-corrected chi connectivity index (χ2v) is 7.84. The molecule has 0 saturated heterocycles. The van der Waals surface area contributed by atoms with E-state index in [1.807, 2.05) is 30.3 Å². The predicted octanol–water partition coefficient (Wildman–Crippen LogP) is 2.66. The molecule has 4 rings (SSSR count). The number of hydrogen-bond acceptors (Lipinski definition) is 3. The van der Waals surface area contributed by atoms with E-state index in [0.717, 1.165) is 21.9 Å². The molecular formula is C18H17N3O2S. The van der Waals surface area contributed by atoms with Crippen molar-refractivity contribution in [3.05, 3.63) is 66.5 Å². The van der Waals surface area contributed by atoms with Crippen molar-refractivity contribution < 1.29 is 8.42 Å². The summed E-state index contributed by atoms with van der Waals surface area (Å²) >= 11 is 0. The maximum Gasteiger partial charge on any atom is 0.246 e. The number of aryl methyl sites for hydroxylation is 1. The zero-order valence-electron chi connectivity index (χ0n) is 13.3. The van der Waals surface area contributed by atoms with Gasteiger partial charge in [0.25, 0.3) is 0 Å². The Kier molecular flexibility index (Phi) is 3.51. The second-order valence-electron chi connectivity index (χ2n) is 5.90. The van der Waals surface area contributed by atoms with Crippen LogP contribution in [0.2, 0.25) is 0 Å². The van der Waals surface area contributed by atoms with E-state index in [-0.39, 0.29) is 4.90 Å². The minimum atomic E-state index is -3.51. The highest BCUT2D eigenvalue weighted by Crippen LogP contribution is 2.30. The molecule has 2 aromatic carbocycles. The topological polar surface area (TPSA) is 55.2 Å². The Morgan fingerprint density at radius 2 is 1.88 bits per heavy atom. The van der Waals surface area contributed by atoms with Gasteiger partial charge in [-0.1, -0.05) is 48.5 Å². The van der Waals surface area contributed by atoms with Crippen molar-refractivity contribution >= 4 is 26.4 Å². The van der Waals surface area contributed by atoms with Crippen LogP contribution in [0.3, 0.4) is 0 Å². The average molecular weight is 339 g/mol. The summed E-state index contributed by atoms with van der Waals surface area (Å²) < 4.78 is 28.4. The first-order valence-electron chi connectivity index (χ1n) is 7.72. The molecule has 3 aromatic rings. The molecule has 0 saturated carbocycles. The number of nitrogens with zero attached hydrogens (tertiary/aromatic N) is 3. The quantitative estimate of drug-likeness (QED) is 0.737. The second kappa shape index (κ2) is 5.58.